The van der Waals surface area contributed by atoms with E-state index in [0.29, 0.717) is 31.5 Å². The van der Waals surface area contributed by atoms with Crippen molar-refractivity contribution in [2.24, 2.45) is 11.5 Å². The molecule has 0 fully saturated rings. The third-order valence-electron chi connectivity index (χ3n) is 4.81. The first-order valence-corrected chi connectivity index (χ1v) is 11.2. The van der Waals surface area contributed by atoms with Crippen molar-refractivity contribution in [1.29, 1.82) is 0 Å². The minimum absolute atomic E-state index is 0.221. The summed E-state index contributed by atoms with van der Waals surface area (Å²) in [6.07, 6.45) is 5.09. The van der Waals surface area contributed by atoms with Crippen LogP contribution in [0.15, 0.2) is 36.4 Å². The molecule has 1 heterocycles. The number of hydrogen-bond donors (Lipinski definition) is 4. The molecule has 0 saturated carbocycles. The lowest BCUT2D eigenvalue weighted by Crippen LogP contribution is -2.45. The summed E-state index contributed by atoms with van der Waals surface area (Å²) in [6, 6.07) is 5.87. The van der Waals surface area contributed by atoms with E-state index in [1.54, 1.807) is 31.2 Å². The number of nitrogens with one attached hydrogen (secondary N) is 2. The van der Waals surface area contributed by atoms with Crippen LogP contribution >= 0.6 is 0 Å². The molecule has 35 heavy (non-hydrogen) atoms. The highest BCUT2D eigenvalue weighted by molar-refractivity contribution is 6.12. The van der Waals surface area contributed by atoms with Gasteiger partial charge in [0.05, 0.1) is 6.42 Å². The lowest BCUT2D eigenvalue weighted by atomic mass is 10.1. The SMILES string of the molecule is NC(=O)CCCCCN1C(=O)C=CC1=O.[CH2]c1ccc(NC(=O)[C@H](CC(N)=O)NC(=O)CC)cc1. The van der Waals surface area contributed by atoms with Crippen molar-refractivity contribution in [3.8, 4) is 0 Å². The number of unbranched alkanes of at least 4 members (excludes halogenated alkanes) is 2. The summed E-state index contributed by atoms with van der Waals surface area (Å²) in [4.78, 5) is 68.2. The average Bonchev–Trinajstić information content (AvgIpc) is 3.11. The number of primary amides is 2. The summed E-state index contributed by atoms with van der Waals surface area (Å²) in [5.74, 6) is -2.29. The van der Waals surface area contributed by atoms with Crippen LogP contribution in [0.25, 0.3) is 0 Å². The quantitative estimate of drug-likeness (QED) is 0.247. The number of nitrogens with zero attached hydrogens (tertiary/aromatic N) is 1. The minimum Gasteiger partial charge on any atom is -0.370 e. The van der Waals surface area contributed by atoms with Gasteiger partial charge in [0.15, 0.2) is 0 Å². The first kappa shape index (κ1) is 29.0. The highest BCUT2D eigenvalue weighted by Gasteiger charge is 2.23. The molecular weight excluding hydrogens is 454 g/mol. The topological polar surface area (TPSA) is 182 Å². The van der Waals surface area contributed by atoms with Gasteiger partial charge in [0.1, 0.15) is 6.04 Å². The highest BCUT2D eigenvalue weighted by Crippen LogP contribution is 2.10. The predicted octanol–water partition coefficient (Wildman–Crippen LogP) is 0.535. The van der Waals surface area contributed by atoms with Crippen LogP contribution in [-0.2, 0) is 28.8 Å². The highest BCUT2D eigenvalue weighted by atomic mass is 16.2. The summed E-state index contributed by atoms with van der Waals surface area (Å²) in [6.45, 7) is 5.81. The van der Waals surface area contributed by atoms with Gasteiger partial charge >= 0.3 is 0 Å². The number of benzene rings is 1. The molecule has 0 bridgehead atoms. The van der Waals surface area contributed by atoms with Crippen molar-refractivity contribution >= 4 is 41.1 Å². The van der Waals surface area contributed by atoms with Crippen molar-refractivity contribution in [3.05, 3.63) is 48.9 Å². The Balaban J connectivity index is 0.000000365. The Labute approximate surface area is 204 Å². The second kappa shape index (κ2) is 15.0. The number of rotatable bonds is 12. The normalized spacial score (nSPS) is 13.0. The van der Waals surface area contributed by atoms with E-state index < -0.39 is 17.9 Å². The summed E-state index contributed by atoms with van der Waals surface area (Å²) in [7, 11) is 0. The molecule has 1 aliphatic rings. The first-order valence-electron chi connectivity index (χ1n) is 11.2. The number of carbonyl (C=O) groups excluding carboxylic acids is 6. The Kier molecular flexibility index (Phi) is 12.4. The van der Waals surface area contributed by atoms with Gasteiger partial charge in [0, 0.05) is 37.2 Å². The molecule has 0 aliphatic carbocycles. The third-order valence-corrected chi connectivity index (χ3v) is 4.81. The number of nitrogens with two attached hydrogens (primary N) is 2. The van der Waals surface area contributed by atoms with Gasteiger partial charge in [-0.2, -0.15) is 0 Å². The van der Waals surface area contributed by atoms with Crippen molar-refractivity contribution < 1.29 is 28.8 Å². The molecule has 2 rings (SSSR count). The first-order chi connectivity index (χ1) is 16.5. The van der Waals surface area contributed by atoms with Gasteiger partial charge in [-0.25, -0.2) is 0 Å². The molecular formula is C24H32N5O6. The second-order valence-electron chi connectivity index (χ2n) is 7.77. The van der Waals surface area contributed by atoms with E-state index in [-0.39, 0.29) is 36.5 Å². The maximum Gasteiger partial charge on any atom is 0.253 e. The van der Waals surface area contributed by atoms with Gasteiger partial charge in [-0.05, 0) is 37.5 Å². The Morgan fingerprint density at radius 2 is 1.54 bits per heavy atom. The van der Waals surface area contributed by atoms with Crippen LogP contribution < -0.4 is 22.1 Å². The molecule has 11 nitrogen and oxygen atoms in total. The summed E-state index contributed by atoms with van der Waals surface area (Å²) < 4.78 is 0. The molecule has 6 amide bonds. The smallest absolute Gasteiger partial charge is 0.253 e. The molecule has 1 aliphatic heterocycles. The Morgan fingerprint density at radius 3 is 2.06 bits per heavy atom. The Hall–Kier alpha value is -4.02. The number of imide groups is 1. The third kappa shape index (κ3) is 11.6. The zero-order valence-corrected chi connectivity index (χ0v) is 19.7. The van der Waals surface area contributed by atoms with E-state index in [1.165, 1.54) is 17.1 Å². The summed E-state index contributed by atoms with van der Waals surface area (Å²) in [5.41, 5.74) is 11.4. The maximum atomic E-state index is 12.0. The maximum absolute atomic E-state index is 12.0. The largest absolute Gasteiger partial charge is 0.370 e. The average molecular weight is 487 g/mol. The van der Waals surface area contributed by atoms with Crippen molar-refractivity contribution in [2.45, 2.75) is 51.5 Å². The van der Waals surface area contributed by atoms with E-state index in [0.717, 1.165) is 12.0 Å². The van der Waals surface area contributed by atoms with E-state index in [4.69, 9.17) is 11.5 Å². The van der Waals surface area contributed by atoms with E-state index in [1.807, 2.05) is 0 Å². The Morgan fingerprint density at radius 1 is 0.943 bits per heavy atom. The molecule has 0 aromatic heterocycles. The second-order valence-corrected chi connectivity index (χ2v) is 7.77. The zero-order chi connectivity index (χ0) is 26.4. The van der Waals surface area contributed by atoms with Gasteiger partial charge < -0.3 is 22.1 Å². The van der Waals surface area contributed by atoms with Crippen LogP contribution in [0.4, 0.5) is 5.69 Å². The number of hydrogen-bond acceptors (Lipinski definition) is 6. The van der Waals surface area contributed by atoms with Crippen LogP contribution in [0, 0.1) is 6.92 Å². The summed E-state index contributed by atoms with van der Waals surface area (Å²) in [5, 5.41) is 5.08. The number of carbonyl (C=O) groups is 6. The molecule has 1 aromatic carbocycles. The molecule has 1 aromatic rings. The number of amides is 6. The molecule has 11 heteroatoms. The fraction of sp³-hybridized carbons (Fsp3) is 0.375. The van der Waals surface area contributed by atoms with Crippen LogP contribution in [0.1, 0.15) is 51.0 Å². The molecule has 0 spiro atoms. The zero-order valence-electron chi connectivity index (χ0n) is 19.7. The van der Waals surface area contributed by atoms with Crippen molar-refractivity contribution in [1.82, 2.24) is 10.2 Å². The standard InChI is InChI=1S/C14H18N3O3.C10H14N2O3/c1-3-13(19)17-11(8-12(15)18)14(20)16-10-6-4-9(2)5-7-10;11-8(13)4-2-1-3-7-12-9(14)5-6-10(12)15/h4-7,11H,2-3,8H2,1H3,(H2,15,18)(H,16,20)(H,17,19);5-6H,1-4,7H2,(H2,11,13)/t11-;/m0./s1. The molecule has 1 atom stereocenters. The predicted molar refractivity (Wildman–Crippen MR) is 129 cm³/mol. The Bertz CT molecular complexity index is 940. The van der Waals surface area contributed by atoms with E-state index in [2.05, 4.69) is 17.6 Å². The van der Waals surface area contributed by atoms with E-state index in [9.17, 15) is 28.8 Å². The molecule has 0 saturated heterocycles. The molecule has 1 radical (unpaired) electrons. The molecule has 0 unspecified atom stereocenters. The molecule has 189 valence electrons. The van der Waals surface area contributed by atoms with Gasteiger partial charge in [-0.1, -0.05) is 25.5 Å². The van der Waals surface area contributed by atoms with Gasteiger partial charge in [0.2, 0.25) is 23.6 Å². The van der Waals surface area contributed by atoms with E-state index >= 15 is 0 Å². The lowest BCUT2D eigenvalue weighted by molar-refractivity contribution is -0.137. The molecule has 6 N–H and O–H groups in total. The van der Waals surface area contributed by atoms with Gasteiger partial charge in [0.25, 0.3) is 11.8 Å². The van der Waals surface area contributed by atoms with Crippen LogP contribution in [-0.4, -0.2) is 52.9 Å². The summed E-state index contributed by atoms with van der Waals surface area (Å²) >= 11 is 0. The lowest BCUT2D eigenvalue weighted by Gasteiger charge is -2.16. The fourth-order valence-electron chi connectivity index (χ4n) is 2.92. The fourth-order valence-corrected chi connectivity index (χ4v) is 2.92. The van der Waals surface area contributed by atoms with Gasteiger partial charge in [-0.15, -0.1) is 0 Å². The minimum atomic E-state index is -0.973. The van der Waals surface area contributed by atoms with Crippen molar-refractivity contribution in [3.63, 3.8) is 0 Å². The van der Waals surface area contributed by atoms with Crippen LogP contribution in [0.3, 0.4) is 0 Å². The number of anilines is 1. The van der Waals surface area contributed by atoms with Crippen LogP contribution in [0.2, 0.25) is 0 Å². The van der Waals surface area contributed by atoms with Crippen molar-refractivity contribution in [2.75, 3.05) is 11.9 Å². The van der Waals surface area contributed by atoms with Gasteiger partial charge in [-0.3, -0.25) is 33.7 Å². The van der Waals surface area contributed by atoms with Crippen LogP contribution in [0.5, 0.6) is 0 Å². The monoisotopic (exact) mass is 486 g/mol.